The summed E-state index contributed by atoms with van der Waals surface area (Å²) in [5.74, 6) is -0.123. The van der Waals surface area contributed by atoms with E-state index in [1.165, 1.54) is 12.1 Å². The molecule has 0 saturated carbocycles. The molecule has 2 aromatic rings. The Morgan fingerprint density at radius 2 is 1.67 bits per heavy atom. The number of amides is 3. The van der Waals surface area contributed by atoms with Crippen molar-refractivity contribution in [2.75, 3.05) is 44.6 Å². The summed E-state index contributed by atoms with van der Waals surface area (Å²) in [6.07, 6.45) is 3.56. The van der Waals surface area contributed by atoms with Crippen LogP contribution in [-0.2, 0) is 11.3 Å². The van der Waals surface area contributed by atoms with E-state index in [0.717, 1.165) is 50.1 Å². The topological polar surface area (TPSA) is 55.9 Å². The highest BCUT2D eigenvalue weighted by Gasteiger charge is 2.22. The van der Waals surface area contributed by atoms with Gasteiger partial charge in [-0.15, -0.1) is 0 Å². The molecule has 3 amide bonds. The minimum Gasteiger partial charge on any atom is -0.337 e. The third-order valence-electron chi connectivity index (χ3n) is 6.00. The summed E-state index contributed by atoms with van der Waals surface area (Å²) in [7, 11) is 0. The Balaban J connectivity index is 1.48. The van der Waals surface area contributed by atoms with Crippen LogP contribution in [0.4, 0.5) is 14.9 Å². The van der Waals surface area contributed by atoms with Crippen molar-refractivity contribution in [1.82, 2.24) is 14.7 Å². The normalized spacial score (nSPS) is 14.2. The van der Waals surface area contributed by atoms with Gasteiger partial charge in [0.15, 0.2) is 0 Å². The maximum absolute atomic E-state index is 13.3. The molecular weight excluding hydrogens is 419 g/mol. The van der Waals surface area contributed by atoms with Crippen LogP contribution in [0, 0.1) is 5.82 Å². The lowest BCUT2D eigenvalue weighted by Crippen LogP contribution is -2.51. The fourth-order valence-electron chi connectivity index (χ4n) is 3.95. The van der Waals surface area contributed by atoms with Gasteiger partial charge >= 0.3 is 6.03 Å². The van der Waals surface area contributed by atoms with Crippen LogP contribution in [0.5, 0.6) is 0 Å². The third kappa shape index (κ3) is 8.17. The van der Waals surface area contributed by atoms with Crippen molar-refractivity contribution in [3.05, 3.63) is 66.0 Å². The fraction of sp³-hybridized carbons (Fsp3) is 0.462. The van der Waals surface area contributed by atoms with Crippen LogP contribution in [0.1, 0.15) is 38.2 Å². The van der Waals surface area contributed by atoms with Crippen molar-refractivity contribution < 1.29 is 14.0 Å². The number of carbonyl (C=O) groups excluding carboxylic acids is 2. The molecule has 0 aromatic heterocycles. The molecule has 6 nitrogen and oxygen atoms in total. The molecule has 178 valence electrons. The van der Waals surface area contributed by atoms with E-state index in [9.17, 15) is 14.0 Å². The maximum Gasteiger partial charge on any atom is 0.321 e. The van der Waals surface area contributed by atoms with Crippen molar-refractivity contribution in [3.8, 4) is 0 Å². The van der Waals surface area contributed by atoms with Gasteiger partial charge < -0.3 is 15.1 Å². The molecular formula is C26H35FN4O2. The Morgan fingerprint density at radius 3 is 2.33 bits per heavy atom. The van der Waals surface area contributed by atoms with Gasteiger partial charge in [-0.1, -0.05) is 50.1 Å². The fourth-order valence-corrected chi connectivity index (χ4v) is 3.95. The average molecular weight is 455 g/mol. The first-order valence-electron chi connectivity index (χ1n) is 11.9. The molecule has 3 rings (SSSR count). The molecule has 33 heavy (non-hydrogen) atoms. The first-order valence-corrected chi connectivity index (χ1v) is 11.9. The summed E-state index contributed by atoms with van der Waals surface area (Å²) in [6.45, 7) is 6.86. The van der Waals surface area contributed by atoms with Crippen LogP contribution in [0.25, 0.3) is 0 Å². The quantitative estimate of drug-likeness (QED) is 0.535. The van der Waals surface area contributed by atoms with E-state index < -0.39 is 0 Å². The Kier molecular flexibility index (Phi) is 9.69. The molecule has 2 aromatic carbocycles. The lowest BCUT2D eigenvalue weighted by atomic mass is 10.1. The molecule has 0 unspecified atom stereocenters. The summed E-state index contributed by atoms with van der Waals surface area (Å²) in [4.78, 5) is 31.4. The number of anilines is 1. The van der Waals surface area contributed by atoms with Gasteiger partial charge in [-0.3, -0.25) is 9.69 Å². The Hall–Kier alpha value is -2.93. The lowest BCUT2D eigenvalue weighted by molar-refractivity contribution is -0.132. The van der Waals surface area contributed by atoms with E-state index in [0.29, 0.717) is 32.6 Å². The average Bonchev–Trinajstić information content (AvgIpc) is 2.84. The number of hydrogen-bond donors (Lipinski definition) is 1. The number of carbonyl (C=O) groups is 2. The van der Waals surface area contributed by atoms with Crippen LogP contribution in [0.2, 0.25) is 0 Å². The molecule has 0 radical (unpaired) electrons. The van der Waals surface area contributed by atoms with Gasteiger partial charge in [0.05, 0.1) is 0 Å². The summed E-state index contributed by atoms with van der Waals surface area (Å²) in [5.41, 5.74) is 1.73. The number of benzene rings is 2. The van der Waals surface area contributed by atoms with E-state index in [1.54, 1.807) is 12.1 Å². The van der Waals surface area contributed by atoms with Crippen molar-refractivity contribution >= 4 is 17.6 Å². The van der Waals surface area contributed by atoms with Gasteiger partial charge in [-0.2, -0.15) is 0 Å². The third-order valence-corrected chi connectivity index (χ3v) is 6.00. The van der Waals surface area contributed by atoms with Gasteiger partial charge in [0.25, 0.3) is 0 Å². The van der Waals surface area contributed by atoms with Crippen molar-refractivity contribution in [3.63, 3.8) is 0 Å². The molecule has 1 aliphatic heterocycles. The van der Waals surface area contributed by atoms with Gasteiger partial charge in [0, 0.05) is 57.9 Å². The van der Waals surface area contributed by atoms with Gasteiger partial charge in [-0.25, -0.2) is 9.18 Å². The molecule has 1 N–H and O–H groups in total. The SMILES string of the molecule is CCCCCC(=O)N(CCN1CCN(C(=O)Nc2ccccc2)CC1)Cc1ccc(F)cc1. The largest absolute Gasteiger partial charge is 0.337 e. The predicted molar refractivity (Wildman–Crippen MR) is 129 cm³/mol. The molecule has 1 aliphatic rings. The minimum absolute atomic E-state index is 0.0788. The molecule has 0 atom stereocenters. The number of urea groups is 1. The summed E-state index contributed by atoms with van der Waals surface area (Å²) >= 11 is 0. The number of para-hydroxylation sites is 1. The number of unbranched alkanes of at least 4 members (excludes halogenated alkanes) is 2. The highest BCUT2D eigenvalue weighted by atomic mass is 19.1. The second-order valence-electron chi connectivity index (χ2n) is 8.52. The first kappa shape index (κ1) is 24.7. The van der Waals surface area contributed by atoms with Crippen LogP contribution < -0.4 is 5.32 Å². The number of halogens is 1. The van der Waals surface area contributed by atoms with Gasteiger partial charge in [-0.05, 0) is 36.2 Å². The first-order chi connectivity index (χ1) is 16.0. The maximum atomic E-state index is 13.3. The lowest BCUT2D eigenvalue weighted by Gasteiger charge is -2.36. The standard InChI is InChI=1S/C26H35FN4O2/c1-2-3-5-10-25(32)31(21-22-11-13-23(27)14-12-22)20-17-29-15-18-30(19-16-29)26(33)28-24-8-6-4-7-9-24/h4,6-9,11-14H,2-3,5,10,15-21H2,1H3,(H,28,33). The molecule has 0 spiro atoms. The Bertz CT molecular complexity index is 868. The number of rotatable bonds is 10. The molecule has 7 heteroatoms. The zero-order chi connectivity index (χ0) is 23.5. The molecule has 1 heterocycles. The second kappa shape index (κ2) is 12.9. The predicted octanol–water partition coefficient (Wildman–Crippen LogP) is 4.58. The molecule has 0 aliphatic carbocycles. The van der Waals surface area contributed by atoms with Gasteiger partial charge in [0.1, 0.15) is 5.82 Å². The summed E-state index contributed by atoms with van der Waals surface area (Å²) in [5, 5.41) is 2.94. The van der Waals surface area contributed by atoms with E-state index in [1.807, 2.05) is 40.1 Å². The highest BCUT2D eigenvalue weighted by molar-refractivity contribution is 5.89. The van der Waals surface area contributed by atoms with Crippen LogP contribution in [0.15, 0.2) is 54.6 Å². The number of nitrogens with zero attached hydrogens (tertiary/aromatic N) is 3. The minimum atomic E-state index is -0.270. The van der Waals surface area contributed by atoms with Crippen molar-refractivity contribution in [1.29, 1.82) is 0 Å². The van der Waals surface area contributed by atoms with Crippen molar-refractivity contribution in [2.45, 2.75) is 39.2 Å². The Labute approximate surface area is 196 Å². The zero-order valence-corrected chi connectivity index (χ0v) is 19.5. The molecule has 1 fully saturated rings. The van der Waals surface area contributed by atoms with E-state index >= 15 is 0 Å². The van der Waals surface area contributed by atoms with Crippen LogP contribution in [0.3, 0.4) is 0 Å². The van der Waals surface area contributed by atoms with E-state index in [-0.39, 0.29) is 17.8 Å². The van der Waals surface area contributed by atoms with E-state index in [4.69, 9.17) is 0 Å². The van der Waals surface area contributed by atoms with E-state index in [2.05, 4.69) is 17.1 Å². The molecule has 0 bridgehead atoms. The highest BCUT2D eigenvalue weighted by Crippen LogP contribution is 2.12. The van der Waals surface area contributed by atoms with Crippen LogP contribution in [-0.4, -0.2) is 65.9 Å². The van der Waals surface area contributed by atoms with Crippen molar-refractivity contribution in [2.24, 2.45) is 0 Å². The second-order valence-corrected chi connectivity index (χ2v) is 8.52. The van der Waals surface area contributed by atoms with Gasteiger partial charge in [0.2, 0.25) is 5.91 Å². The van der Waals surface area contributed by atoms with Crippen LogP contribution >= 0.6 is 0 Å². The number of hydrogen-bond acceptors (Lipinski definition) is 3. The smallest absolute Gasteiger partial charge is 0.321 e. The number of piperazine rings is 1. The molecule has 1 saturated heterocycles. The number of nitrogens with one attached hydrogen (secondary N) is 1. The summed E-state index contributed by atoms with van der Waals surface area (Å²) in [6, 6.07) is 15.8. The summed E-state index contributed by atoms with van der Waals surface area (Å²) < 4.78 is 13.3. The monoisotopic (exact) mass is 454 g/mol. The zero-order valence-electron chi connectivity index (χ0n) is 19.5. The Morgan fingerprint density at radius 1 is 0.970 bits per heavy atom.